The molecule has 0 bridgehead atoms. The summed E-state index contributed by atoms with van der Waals surface area (Å²) in [6.45, 7) is 5.93. The number of aromatic nitrogens is 3. The number of aliphatic hydroxyl groups is 1. The molecule has 3 aliphatic heterocycles. The Kier molecular flexibility index (Phi) is 8.51. The van der Waals surface area contributed by atoms with Crippen LogP contribution < -0.4 is 9.80 Å². The van der Waals surface area contributed by atoms with E-state index in [1.807, 2.05) is 61.5 Å². The topological polar surface area (TPSA) is 101 Å². The van der Waals surface area contributed by atoms with Crippen LogP contribution in [-0.4, -0.2) is 53.0 Å². The van der Waals surface area contributed by atoms with Gasteiger partial charge < -0.3 is 18.9 Å². The van der Waals surface area contributed by atoms with Gasteiger partial charge in [0.15, 0.2) is 5.60 Å². The van der Waals surface area contributed by atoms with Gasteiger partial charge >= 0.3 is 0 Å². The smallest absolute Gasteiger partial charge is 0.264 e. The highest BCUT2D eigenvalue weighted by molar-refractivity contribution is 6.72. The third-order valence-electron chi connectivity index (χ3n) is 10.1. The number of ether oxygens (including phenoxy) is 1. The second kappa shape index (κ2) is 12.5. The van der Waals surface area contributed by atoms with Crippen molar-refractivity contribution in [2.45, 2.75) is 76.0 Å². The Bertz CT molecular complexity index is 1880. The fourth-order valence-corrected chi connectivity index (χ4v) is 10.8. The maximum Gasteiger partial charge on any atom is 0.264 e. The van der Waals surface area contributed by atoms with Gasteiger partial charge in [-0.15, -0.1) is 5.10 Å². The molecule has 48 heavy (non-hydrogen) atoms. The number of hydrogen-bond acceptors (Lipinski definition) is 6. The average Bonchev–Trinajstić information content (AvgIpc) is 3.70. The molecule has 1 N–H and O–H groups in total. The predicted molar refractivity (Wildman–Crippen MR) is 184 cm³/mol. The molecule has 3 aromatic carbocycles. The summed E-state index contributed by atoms with van der Waals surface area (Å²) in [5, 5.41) is 18.0. The van der Waals surface area contributed by atoms with Crippen LogP contribution in [0.5, 0.6) is 0 Å². The molecule has 0 unspecified atom stereocenters. The van der Waals surface area contributed by atoms with Gasteiger partial charge in [0.2, 0.25) is 14.3 Å². The van der Waals surface area contributed by atoms with Gasteiger partial charge in [-0.3, -0.25) is 19.2 Å². The molecular weight excluding hydrogens is 649 g/mol. The zero-order valence-electron chi connectivity index (χ0n) is 27.3. The molecule has 1 fully saturated rings. The number of nitrogens with zero attached hydrogens (tertiary/aromatic N) is 5. The Balaban J connectivity index is 1.21. The normalized spacial score (nSPS) is 23.7. The first-order chi connectivity index (χ1) is 23.0. The van der Waals surface area contributed by atoms with E-state index in [-0.39, 0.29) is 25.0 Å². The number of amides is 2. The molecule has 7 rings (SSSR count). The monoisotopic (exact) mass is 687 g/mol. The van der Waals surface area contributed by atoms with Crippen LogP contribution in [0.4, 0.5) is 21.2 Å². The van der Waals surface area contributed by atoms with E-state index in [0.717, 1.165) is 22.5 Å². The molecule has 0 aliphatic carbocycles. The SMILES string of the molecule is C[C@@H]1[C@@H]([Si](C)(C)F)[C@H](CCn2cc(CCO)nn2)O[C@@]12C(=O)N(Cc1cccc(N3C(=O)CCc4ccccc43)c1)c1ccc(Cl)cc12. The quantitative estimate of drug-likeness (QED) is 0.160. The van der Waals surface area contributed by atoms with Crippen molar-refractivity contribution >= 4 is 48.9 Å². The maximum atomic E-state index is 16.3. The lowest BCUT2D eigenvalue weighted by atomic mass is 9.82. The Morgan fingerprint density at radius 2 is 1.88 bits per heavy atom. The summed E-state index contributed by atoms with van der Waals surface area (Å²) < 4.78 is 24.8. The van der Waals surface area contributed by atoms with Gasteiger partial charge in [-0.05, 0) is 73.5 Å². The van der Waals surface area contributed by atoms with Gasteiger partial charge in [0.1, 0.15) is 0 Å². The fourth-order valence-electron chi connectivity index (χ4n) is 8.07. The Labute approximate surface area is 285 Å². The molecule has 12 heteroatoms. The predicted octanol–water partition coefficient (Wildman–Crippen LogP) is 6.49. The summed E-state index contributed by atoms with van der Waals surface area (Å²) in [6, 6.07) is 21.0. The second-order valence-electron chi connectivity index (χ2n) is 13.6. The van der Waals surface area contributed by atoms with Gasteiger partial charge in [0, 0.05) is 59.9 Å². The lowest BCUT2D eigenvalue weighted by Crippen LogP contribution is -2.45. The van der Waals surface area contributed by atoms with Gasteiger partial charge in [-0.25, -0.2) is 0 Å². The van der Waals surface area contributed by atoms with Crippen molar-refractivity contribution in [1.29, 1.82) is 0 Å². The molecule has 3 aliphatic rings. The van der Waals surface area contributed by atoms with Crippen molar-refractivity contribution < 1.29 is 23.5 Å². The highest BCUT2D eigenvalue weighted by Crippen LogP contribution is 2.60. The van der Waals surface area contributed by atoms with Crippen LogP contribution in [-0.2, 0) is 45.9 Å². The van der Waals surface area contributed by atoms with Crippen molar-refractivity contribution in [2.75, 3.05) is 16.4 Å². The van der Waals surface area contributed by atoms with Crippen molar-refractivity contribution in [3.63, 3.8) is 0 Å². The molecule has 4 aromatic rings. The van der Waals surface area contributed by atoms with E-state index in [1.165, 1.54) is 0 Å². The minimum absolute atomic E-state index is 0.0244. The summed E-state index contributed by atoms with van der Waals surface area (Å²) in [4.78, 5) is 31.5. The summed E-state index contributed by atoms with van der Waals surface area (Å²) >= 11 is 6.56. The van der Waals surface area contributed by atoms with Gasteiger partial charge in [-0.1, -0.05) is 54.1 Å². The fraction of sp³-hybridized carbons (Fsp3) is 0.389. The Hall–Kier alpha value is -3.90. The summed E-state index contributed by atoms with van der Waals surface area (Å²) in [5.74, 6) is -0.673. The van der Waals surface area contributed by atoms with Crippen LogP contribution in [0.2, 0.25) is 23.7 Å². The van der Waals surface area contributed by atoms with Crippen molar-refractivity contribution in [1.82, 2.24) is 15.0 Å². The lowest BCUT2D eigenvalue weighted by Gasteiger charge is -2.31. The number of hydrogen-bond donors (Lipinski definition) is 1. The number of aliphatic hydroxyl groups excluding tert-OH is 1. The largest absolute Gasteiger partial charge is 0.396 e. The summed E-state index contributed by atoms with van der Waals surface area (Å²) in [5.41, 5.74) is 3.72. The number of anilines is 3. The Morgan fingerprint density at radius 1 is 1.06 bits per heavy atom. The number of para-hydroxylation sites is 1. The number of carbonyl (C=O) groups is 2. The maximum absolute atomic E-state index is 16.3. The third-order valence-corrected chi connectivity index (χ3v) is 12.8. The van der Waals surface area contributed by atoms with E-state index in [4.69, 9.17) is 16.3 Å². The standard InChI is InChI=1S/C36H39ClFN5O4Si/c1-23-34(48(2,3)38)32(15-17-41-22-27(16-18-44)39-40-41)47-36(23)29-20-26(37)12-13-31(29)42(35(36)46)21-24-7-6-9-28(19-24)43-30-10-5-4-8-25(30)11-14-33(43)45/h4-10,12-13,19-20,22-23,32,34,44H,11,14-18,21H2,1-3H3/t23-,32+,34-,36+/m1/s1. The van der Waals surface area contributed by atoms with Gasteiger partial charge in [0.05, 0.1) is 29.7 Å². The number of aryl methyl sites for hydroxylation is 2. The molecule has 9 nitrogen and oxygen atoms in total. The van der Waals surface area contributed by atoms with Gasteiger partial charge in [-0.2, -0.15) is 0 Å². The highest BCUT2D eigenvalue weighted by Gasteiger charge is 2.66. The molecule has 4 atom stereocenters. The van der Waals surface area contributed by atoms with Crippen molar-refractivity contribution in [3.05, 3.63) is 100 Å². The molecule has 1 spiro atoms. The van der Waals surface area contributed by atoms with E-state index < -0.39 is 31.6 Å². The number of halogens is 2. The molecule has 1 saturated heterocycles. The molecule has 2 amide bonds. The van der Waals surface area contributed by atoms with E-state index in [9.17, 15) is 14.7 Å². The molecular formula is C36H39ClFN5O4Si. The molecule has 1 aromatic heterocycles. The van der Waals surface area contributed by atoms with E-state index in [1.54, 1.807) is 45.9 Å². The van der Waals surface area contributed by atoms with Gasteiger partial charge in [0.25, 0.3) is 5.91 Å². The zero-order chi connectivity index (χ0) is 33.8. The first kappa shape index (κ1) is 32.6. The number of rotatable bonds is 9. The zero-order valence-corrected chi connectivity index (χ0v) is 29.0. The number of carbonyl (C=O) groups excluding carboxylic acids is 2. The van der Waals surface area contributed by atoms with Crippen LogP contribution in [0.3, 0.4) is 0 Å². The molecule has 250 valence electrons. The Morgan fingerprint density at radius 3 is 2.67 bits per heavy atom. The van der Waals surface area contributed by atoms with Crippen LogP contribution >= 0.6 is 11.6 Å². The lowest BCUT2D eigenvalue weighted by molar-refractivity contribution is -0.146. The summed E-state index contributed by atoms with van der Waals surface area (Å²) in [6.07, 6.45) is 3.21. The highest BCUT2D eigenvalue weighted by atomic mass is 35.5. The average molecular weight is 688 g/mol. The van der Waals surface area contributed by atoms with Crippen molar-refractivity contribution in [3.8, 4) is 0 Å². The van der Waals surface area contributed by atoms with E-state index in [0.29, 0.717) is 54.2 Å². The molecule has 0 radical (unpaired) electrons. The summed E-state index contributed by atoms with van der Waals surface area (Å²) in [7, 11) is -3.36. The van der Waals surface area contributed by atoms with Crippen LogP contribution in [0.15, 0.2) is 72.9 Å². The minimum Gasteiger partial charge on any atom is -0.396 e. The third kappa shape index (κ3) is 5.56. The van der Waals surface area contributed by atoms with E-state index in [2.05, 4.69) is 10.3 Å². The van der Waals surface area contributed by atoms with Crippen molar-refractivity contribution in [2.24, 2.45) is 5.92 Å². The molecule has 4 heterocycles. The molecule has 0 saturated carbocycles. The van der Waals surface area contributed by atoms with Crippen LogP contribution in [0.25, 0.3) is 0 Å². The van der Waals surface area contributed by atoms with Crippen LogP contribution in [0, 0.1) is 5.92 Å². The second-order valence-corrected chi connectivity index (χ2v) is 17.8. The number of fused-ring (bicyclic) bond motifs is 3. The minimum atomic E-state index is -3.36. The first-order valence-corrected chi connectivity index (χ1v) is 19.8. The van der Waals surface area contributed by atoms with Crippen LogP contribution in [0.1, 0.15) is 42.1 Å². The van der Waals surface area contributed by atoms with E-state index >= 15 is 4.11 Å². The number of benzene rings is 3. The first-order valence-electron chi connectivity index (χ1n) is 16.5.